The van der Waals surface area contributed by atoms with Gasteiger partial charge in [-0.2, -0.15) is 0 Å². The molecule has 0 rings (SSSR count). The summed E-state index contributed by atoms with van der Waals surface area (Å²) in [7, 11) is -2.86. The molecule has 0 bridgehead atoms. The van der Waals surface area contributed by atoms with Gasteiger partial charge in [0.15, 0.2) is 0 Å². The molecule has 0 aromatic heterocycles. The Kier molecular flexibility index (Phi) is 8.02. The van der Waals surface area contributed by atoms with E-state index >= 15 is 0 Å². The van der Waals surface area contributed by atoms with Gasteiger partial charge in [-0.1, -0.05) is 0 Å². The van der Waals surface area contributed by atoms with Crippen molar-refractivity contribution in [2.24, 2.45) is 0 Å². The number of hydrogen-bond donors (Lipinski definition) is 1. The van der Waals surface area contributed by atoms with E-state index in [1.807, 2.05) is 0 Å². The second-order valence-electron chi connectivity index (χ2n) is 0.217. The van der Waals surface area contributed by atoms with Crippen LogP contribution in [0.25, 0.3) is 0 Å². The van der Waals surface area contributed by atoms with Crippen molar-refractivity contribution in [1.29, 1.82) is 0 Å². The molecule has 0 aromatic rings. The zero-order valence-corrected chi connectivity index (χ0v) is 4.05. The summed E-state index contributed by atoms with van der Waals surface area (Å²) in [4.78, 5) is 0. The molecule has 0 aliphatic rings. The van der Waals surface area contributed by atoms with Gasteiger partial charge in [0.05, 0.1) is 0 Å². The van der Waals surface area contributed by atoms with Crippen LogP contribution in [0, 0.1) is 0 Å². The molecule has 5 heavy (non-hydrogen) atoms. The summed E-state index contributed by atoms with van der Waals surface area (Å²) in [5, 5.41) is 0. The Balaban J connectivity index is 0. The standard InChI is InChI=1S/Mn.HO3S/c;1-4(2)3/h;(H,1,2,3)/q;-1. The average molecular weight is 136 g/mol. The molecule has 0 amide bonds. The minimum absolute atomic E-state index is 0. The van der Waals surface area contributed by atoms with E-state index in [1.165, 1.54) is 0 Å². The van der Waals surface area contributed by atoms with Crippen LogP contribution in [0.5, 0.6) is 0 Å². The Morgan fingerprint density at radius 1 is 1.40 bits per heavy atom. The van der Waals surface area contributed by atoms with Crippen LogP contribution in [0.4, 0.5) is 0 Å². The van der Waals surface area contributed by atoms with Crippen molar-refractivity contribution < 1.29 is 30.0 Å². The fraction of sp³-hybridized carbons (Fsp3) is 0. The first-order valence-electron chi connectivity index (χ1n) is 0.516. The molecule has 0 aromatic carbocycles. The molecular weight excluding hydrogens is 135 g/mol. The normalized spacial score (nSPS) is 6.80. The summed E-state index contributed by atoms with van der Waals surface area (Å²) in [6, 6.07) is 0. The first-order valence-corrected chi connectivity index (χ1v) is 1.55. The molecule has 0 heterocycles. The summed E-state index contributed by atoms with van der Waals surface area (Å²) in [5.41, 5.74) is 0. The summed E-state index contributed by atoms with van der Waals surface area (Å²) in [6.07, 6.45) is 0. The van der Waals surface area contributed by atoms with Gasteiger partial charge in [0.2, 0.25) is 0 Å². The second kappa shape index (κ2) is 4.43. The first-order chi connectivity index (χ1) is 1.73. The van der Waals surface area contributed by atoms with E-state index in [0.29, 0.717) is 0 Å². The minimum atomic E-state index is -2.86. The third-order valence-corrected chi connectivity index (χ3v) is 0. The second-order valence-corrected chi connectivity index (χ2v) is 0.651. The Morgan fingerprint density at radius 3 is 1.40 bits per heavy atom. The van der Waals surface area contributed by atoms with E-state index in [1.54, 1.807) is 0 Å². The van der Waals surface area contributed by atoms with Crippen LogP contribution < -0.4 is 0 Å². The van der Waals surface area contributed by atoms with Gasteiger partial charge in [-0.25, -0.2) is 0 Å². The smallest absolute Gasteiger partial charge is 0.0495 e. The maximum atomic E-state index is 8.56. The maximum Gasteiger partial charge on any atom is 0.0495 e. The van der Waals surface area contributed by atoms with Crippen molar-refractivity contribution in [2.75, 3.05) is 0 Å². The van der Waals surface area contributed by atoms with Crippen molar-refractivity contribution in [3.05, 3.63) is 0 Å². The number of hydrogen-bond acceptors (Lipinski definition) is 3. The van der Waals surface area contributed by atoms with Crippen LogP contribution in [-0.2, 0) is 36.5 Å². The molecule has 33 valence electrons. The van der Waals surface area contributed by atoms with Crippen LogP contribution in [0.2, 0.25) is 0 Å². The zero-order chi connectivity index (χ0) is 3.58. The van der Waals surface area contributed by atoms with Gasteiger partial charge in [-0.05, 0) is 0 Å². The molecule has 0 aliphatic heterocycles. The predicted molar refractivity (Wildman–Crippen MR) is 11.4 cm³/mol. The Morgan fingerprint density at radius 2 is 1.40 bits per heavy atom. The molecule has 0 unspecified atom stereocenters. The van der Waals surface area contributed by atoms with E-state index in [2.05, 4.69) is 0 Å². The molecule has 0 atom stereocenters. The van der Waals surface area contributed by atoms with Crippen LogP contribution in [0.15, 0.2) is 0 Å². The topological polar surface area (TPSA) is 54.4 Å². The van der Waals surface area contributed by atoms with E-state index in [4.69, 9.17) is 13.0 Å². The molecule has 0 spiro atoms. The van der Waals surface area contributed by atoms with Crippen molar-refractivity contribution in [3.8, 4) is 0 Å². The van der Waals surface area contributed by atoms with Crippen LogP contribution in [-0.4, -0.2) is 4.55 Å². The first kappa shape index (κ1) is 9.06. The fourth-order valence-electron chi connectivity index (χ4n) is 0. The van der Waals surface area contributed by atoms with Crippen LogP contribution in [0.3, 0.4) is 0 Å². The van der Waals surface area contributed by atoms with Crippen molar-refractivity contribution in [1.82, 2.24) is 0 Å². The van der Waals surface area contributed by atoms with Gasteiger partial charge in [-0.15, -0.1) is 0 Å². The summed E-state index contributed by atoms with van der Waals surface area (Å²) in [5.74, 6) is 0. The molecule has 1 radical (unpaired) electrons. The molecule has 0 saturated heterocycles. The number of rotatable bonds is 0. The summed E-state index contributed by atoms with van der Waals surface area (Å²) >= 11 is 0. The van der Waals surface area contributed by atoms with Crippen molar-refractivity contribution in [3.63, 3.8) is 0 Å². The molecule has 0 aliphatic carbocycles. The van der Waals surface area contributed by atoms with E-state index < -0.39 is 11.0 Å². The molecule has 5 heteroatoms. The van der Waals surface area contributed by atoms with Gasteiger partial charge in [-0.3, -0.25) is 0 Å². The Labute approximate surface area is 41.6 Å². The van der Waals surface area contributed by atoms with Crippen LogP contribution in [0.1, 0.15) is 0 Å². The average Bonchev–Trinajstić information content (AvgIpc) is 0.811. The maximum absolute atomic E-state index is 8.56. The van der Waals surface area contributed by atoms with Gasteiger partial charge < -0.3 is 13.0 Å². The zero-order valence-electron chi connectivity index (χ0n) is 2.05. The van der Waals surface area contributed by atoms with E-state index in [0.717, 1.165) is 0 Å². The van der Waals surface area contributed by atoms with Gasteiger partial charge >= 0.3 is 0 Å². The molecule has 1 N–H and O–H groups in total. The third-order valence-electron chi connectivity index (χ3n) is 0. The van der Waals surface area contributed by atoms with Gasteiger partial charge in [0.25, 0.3) is 0 Å². The summed E-state index contributed by atoms with van der Waals surface area (Å²) in [6.45, 7) is 0. The molecule has 0 saturated carbocycles. The fourth-order valence-corrected chi connectivity index (χ4v) is 0. The molecule has 3 nitrogen and oxygen atoms in total. The molecular formula is HMnO3S-. The predicted octanol–water partition coefficient (Wildman–Crippen LogP) is -0.234. The van der Waals surface area contributed by atoms with Crippen molar-refractivity contribution in [2.45, 2.75) is 0 Å². The largest absolute Gasteiger partial charge is 0.439 e. The Bertz CT molecular complexity index is 55.3. The van der Waals surface area contributed by atoms with Crippen LogP contribution >= 0.6 is 0 Å². The Hall–Kier alpha value is 0.429. The SMILES string of the molecule is O=[S-](=O)O.[Mn]. The summed E-state index contributed by atoms with van der Waals surface area (Å²) < 4.78 is 24.1. The van der Waals surface area contributed by atoms with Gasteiger partial charge in [0, 0.05) is 28.1 Å². The minimum Gasteiger partial charge on any atom is -0.439 e. The quantitative estimate of drug-likeness (QED) is 0.216. The monoisotopic (exact) mass is 136 g/mol. The molecule has 0 fully saturated rings. The van der Waals surface area contributed by atoms with E-state index in [-0.39, 0.29) is 17.1 Å². The van der Waals surface area contributed by atoms with Crippen molar-refractivity contribution >= 4 is 11.0 Å². The third kappa shape index (κ3) is 142. The van der Waals surface area contributed by atoms with Gasteiger partial charge in [0.1, 0.15) is 0 Å². The van der Waals surface area contributed by atoms with E-state index in [9.17, 15) is 0 Å².